The maximum Gasteiger partial charge on any atom is 0.123 e. The summed E-state index contributed by atoms with van der Waals surface area (Å²) in [6, 6.07) is 0.334. The maximum atomic E-state index is 9.81. The molecule has 0 aromatic rings. The second-order valence-electron chi connectivity index (χ2n) is 2.22. The zero-order chi connectivity index (χ0) is 7.82. The summed E-state index contributed by atoms with van der Waals surface area (Å²) in [5.74, 6) is 0. The summed E-state index contributed by atoms with van der Waals surface area (Å²) < 4.78 is 0. The lowest BCUT2D eigenvalue weighted by molar-refractivity contribution is -0.107. The third kappa shape index (κ3) is 7.08. The van der Waals surface area contributed by atoms with Crippen molar-refractivity contribution < 1.29 is 4.79 Å². The molecule has 0 saturated heterocycles. The fourth-order valence-corrected chi connectivity index (χ4v) is 0.417. The summed E-state index contributed by atoms with van der Waals surface area (Å²) in [4.78, 5) is 13.9. The van der Waals surface area contributed by atoms with E-state index in [1.54, 1.807) is 18.4 Å². The van der Waals surface area contributed by atoms with E-state index in [0.29, 0.717) is 12.5 Å². The van der Waals surface area contributed by atoms with E-state index in [-0.39, 0.29) is 0 Å². The Morgan fingerprint density at radius 1 is 1.50 bits per heavy atom. The van der Waals surface area contributed by atoms with E-state index in [4.69, 9.17) is 0 Å². The topological polar surface area (TPSA) is 29.4 Å². The standard InChI is InChI=1S/C8H13NO/c1-8(2)9-6-4-3-5-7-10/h3-4,6-8H,5H2,1-2H3/b4-3-,9-6?. The van der Waals surface area contributed by atoms with Gasteiger partial charge in [-0.2, -0.15) is 0 Å². The average molecular weight is 139 g/mol. The van der Waals surface area contributed by atoms with Crippen molar-refractivity contribution in [1.82, 2.24) is 0 Å². The number of carbonyl (C=O) groups is 1. The highest BCUT2D eigenvalue weighted by Gasteiger charge is 1.79. The Balaban J connectivity index is 3.41. The summed E-state index contributed by atoms with van der Waals surface area (Å²) in [5, 5.41) is 0. The van der Waals surface area contributed by atoms with Crippen molar-refractivity contribution in [3.63, 3.8) is 0 Å². The predicted molar refractivity (Wildman–Crippen MR) is 43.4 cm³/mol. The second-order valence-corrected chi connectivity index (χ2v) is 2.22. The smallest absolute Gasteiger partial charge is 0.123 e. The van der Waals surface area contributed by atoms with Gasteiger partial charge in [-0.3, -0.25) is 4.99 Å². The van der Waals surface area contributed by atoms with E-state index in [9.17, 15) is 4.79 Å². The van der Waals surface area contributed by atoms with Crippen molar-refractivity contribution >= 4 is 12.5 Å². The van der Waals surface area contributed by atoms with Crippen LogP contribution in [0.4, 0.5) is 0 Å². The number of aldehydes is 1. The first kappa shape index (κ1) is 9.08. The third-order valence-electron chi connectivity index (χ3n) is 0.839. The lowest BCUT2D eigenvalue weighted by atomic mass is 10.4. The highest BCUT2D eigenvalue weighted by Crippen LogP contribution is 1.83. The van der Waals surface area contributed by atoms with Gasteiger partial charge in [0.1, 0.15) is 6.29 Å². The van der Waals surface area contributed by atoms with Crippen LogP contribution < -0.4 is 0 Å². The van der Waals surface area contributed by atoms with Crippen molar-refractivity contribution in [2.45, 2.75) is 26.3 Å². The van der Waals surface area contributed by atoms with Gasteiger partial charge in [0.05, 0.1) is 0 Å². The Morgan fingerprint density at radius 2 is 2.20 bits per heavy atom. The van der Waals surface area contributed by atoms with Gasteiger partial charge in [-0.15, -0.1) is 0 Å². The van der Waals surface area contributed by atoms with Crippen molar-refractivity contribution in [3.8, 4) is 0 Å². The van der Waals surface area contributed by atoms with E-state index >= 15 is 0 Å². The van der Waals surface area contributed by atoms with Gasteiger partial charge >= 0.3 is 0 Å². The Hall–Kier alpha value is -0.920. The molecule has 0 rings (SSSR count). The lowest BCUT2D eigenvalue weighted by Crippen LogP contribution is -1.86. The summed E-state index contributed by atoms with van der Waals surface area (Å²) in [5.41, 5.74) is 0. The van der Waals surface area contributed by atoms with Crippen LogP contribution in [0.25, 0.3) is 0 Å². The molecule has 0 N–H and O–H groups in total. The molecule has 0 unspecified atom stereocenters. The molecular formula is C8H13NO. The summed E-state index contributed by atoms with van der Waals surface area (Å²) >= 11 is 0. The van der Waals surface area contributed by atoms with Crippen LogP contribution in [0.5, 0.6) is 0 Å². The van der Waals surface area contributed by atoms with Crippen LogP contribution in [0, 0.1) is 0 Å². The highest BCUT2D eigenvalue weighted by atomic mass is 16.1. The second kappa shape index (κ2) is 6.20. The minimum absolute atomic E-state index is 0.334. The van der Waals surface area contributed by atoms with Crippen LogP contribution in [-0.4, -0.2) is 18.5 Å². The van der Waals surface area contributed by atoms with Gasteiger partial charge < -0.3 is 4.79 Å². The molecule has 2 nitrogen and oxygen atoms in total. The van der Waals surface area contributed by atoms with Crippen LogP contribution in [0.3, 0.4) is 0 Å². The first-order valence-corrected chi connectivity index (χ1v) is 3.39. The quantitative estimate of drug-likeness (QED) is 0.430. The first-order valence-electron chi connectivity index (χ1n) is 3.39. The molecule has 0 aliphatic heterocycles. The van der Waals surface area contributed by atoms with E-state index in [0.717, 1.165) is 6.29 Å². The molecule has 0 aromatic carbocycles. The number of hydrogen-bond acceptors (Lipinski definition) is 2. The Kier molecular flexibility index (Phi) is 5.63. The number of rotatable bonds is 4. The molecule has 0 atom stereocenters. The number of nitrogens with zero attached hydrogens (tertiary/aromatic N) is 1. The van der Waals surface area contributed by atoms with Crippen LogP contribution in [0.15, 0.2) is 17.1 Å². The molecule has 0 heterocycles. The highest BCUT2D eigenvalue weighted by molar-refractivity contribution is 5.72. The number of aliphatic imine (C=N–C) groups is 1. The maximum absolute atomic E-state index is 9.81. The van der Waals surface area contributed by atoms with E-state index in [1.165, 1.54) is 0 Å². The molecule has 0 radical (unpaired) electrons. The van der Waals surface area contributed by atoms with Crippen LogP contribution in [0.2, 0.25) is 0 Å². The normalized spacial score (nSPS) is 11.9. The molecule has 56 valence electrons. The fourth-order valence-electron chi connectivity index (χ4n) is 0.417. The summed E-state index contributed by atoms with van der Waals surface area (Å²) in [7, 11) is 0. The molecule has 0 saturated carbocycles. The van der Waals surface area contributed by atoms with Gasteiger partial charge in [0, 0.05) is 18.7 Å². The zero-order valence-corrected chi connectivity index (χ0v) is 6.45. The number of allylic oxidation sites excluding steroid dienone is 2. The predicted octanol–water partition coefficient (Wildman–Crippen LogP) is 1.61. The van der Waals surface area contributed by atoms with Crippen LogP contribution >= 0.6 is 0 Å². The van der Waals surface area contributed by atoms with Crippen molar-refractivity contribution in [3.05, 3.63) is 12.2 Å². The molecule has 0 spiro atoms. The summed E-state index contributed by atoms with van der Waals surface area (Å²) in [6.07, 6.45) is 6.62. The Labute approximate surface area is 61.7 Å². The molecule has 0 fully saturated rings. The van der Waals surface area contributed by atoms with Gasteiger partial charge in [-0.05, 0) is 19.9 Å². The number of hydrogen-bond donors (Lipinski definition) is 0. The van der Waals surface area contributed by atoms with Crippen molar-refractivity contribution in [2.75, 3.05) is 0 Å². The van der Waals surface area contributed by atoms with Crippen LogP contribution in [0.1, 0.15) is 20.3 Å². The Morgan fingerprint density at radius 3 is 2.70 bits per heavy atom. The molecule has 2 heteroatoms. The van der Waals surface area contributed by atoms with E-state index in [2.05, 4.69) is 4.99 Å². The van der Waals surface area contributed by atoms with Gasteiger partial charge in [0.2, 0.25) is 0 Å². The average Bonchev–Trinajstić information content (AvgIpc) is 1.87. The van der Waals surface area contributed by atoms with E-state index in [1.807, 2.05) is 13.8 Å². The largest absolute Gasteiger partial charge is 0.303 e. The van der Waals surface area contributed by atoms with Gasteiger partial charge in [-0.1, -0.05) is 6.08 Å². The molecule has 0 aliphatic carbocycles. The fraction of sp³-hybridized carbons (Fsp3) is 0.500. The SMILES string of the molecule is CC(C)N=C/C=C\CC=O. The Bertz CT molecular complexity index is 136. The zero-order valence-electron chi connectivity index (χ0n) is 6.45. The molecule has 10 heavy (non-hydrogen) atoms. The minimum Gasteiger partial charge on any atom is -0.303 e. The number of carbonyl (C=O) groups excluding carboxylic acids is 1. The third-order valence-corrected chi connectivity index (χ3v) is 0.839. The van der Waals surface area contributed by atoms with Gasteiger partial charge in [-0.25, -0.2) is 0 Å². The molecule has 0 aliphatic rings. The molecule has 0 bridgehead atoms. The molecule has 0 aromatic heterocycles. The molecular weight excluding hydrogens is 126 g/mol. The monoisotopic (exact) mass is 139 g/mol. The van der Waals surface area contributed by atoms with Gasteiger partial charge in [0.25, 0.3) is 0 Å². The van der Waals surface area contributed by atoms with Crippen molar-refractivity contribution in [2.24, 2.45) is 4.99 Å². The van der Waals surface area contributed by atoms with E-state index < -0.39 is 0 Å². The molecule has 0 amide bonds. The van der Waals surface area contributed by atoms with Crippen molar-refractivity contribution in [1.29, 1.82) is 0 Å². The minimum atomic E-state index is 0.334. The first-order chi connectivity index (χ1) is 4.77. The lowest BCUT2D eigenvalue weighted by Gasteiger charge is -1.89. The summed E-state index contributed by atoms with van der Waals surface area (Å²) in [6.45, 7) is 4.01. The van der Waals surface area contributed by atoms with Crippen LogP contribution in [-0.2, 0) is 4.79 Å². The van der Waals surface area contributed by atoms with Gasteiger partial charge in [0.15, 0.2) is 0 Å².